The number of hydrogen-bond acceptors (Lipinski definition) is 3. The molecule has 2 atom stereocenters. The number of nitrogens with one attached hydrogen (secondary N) is 1. The van der Waals surface area contributed by atoms with Gasteiger partial charge in [-0.25, -0.2) is 0 Å². The van der Waals surface area contributed by atoms with Crippen LogP contribution in [0.25, 0.3) is 0 Å². The van der Waals surface area contributed by atoms with E-state index in [9.17, 15) is 0 Å². The summed E-state index contributed by atoms with van der Waals surface area (Å²) in [7, 11) is 0. The van der Waals surface area contributed by atoms with Crippen molar-refractivity contribution in [1.82, 2.24) is 5.32 Å². The predicted molar refractivity (Wildman–Crippen MR) is 45.4 cm³/mol. The van der Waals surface area contributed by atoms with E-state index in [-0.39, 0.29) is 25.2 Å². The van der Waals surface area contributed by atoms with E-state index < -0.39 is 0 Å². The molecule has 0 bridgehead atoms. The lowest BCUT2D eigenvalue weighted by molar-refractivity contribution is 0.206. The molecule has 0 saturated heterocycles. The van der Waals surface area contributed by atoms with Crippen molar-refractivity contribution < 1.29 is 10.2 Å². The van der Waals surface area contributed by atoms with Gasteiger partial charge in [-0.2, -0.15) is 0 Å². The Morgan fingerprint density at radius 2 is 1.91 bits per heavy atom. The van der Waals surface area contributed by atoms with Crippen molar-refractivity contribution >= 4 is 0 Å². The molecule has 0 amide bonds. The second-order valence-electron chi connectivity index (χ2n) is 2.98. The van der Waals surface area contributed by atoms with E-state index in [2.05, 4.69) is 5.32 Å². The van der Waals surface area contributed by atoms with Crippen molar-refractivity contribution in [3.05, 3.63) is 0 Å². The van der Waals surface area contributed by atoms with E-state index in [0.717, 1.165) is 13.0 Å². The first-order valence-electron chi connectivity index (χ1n) is 4.19. The number of hydrogen-bond donors (Lipinski definition) is 3. The highest BCUT2D eigenvalue weighted by molar-refractivity contribution is 4.64. The van der Waals surface area contributed by atoms with Gasteiger partial charge in [0.05, 0.1) is 6.61 Å². The maximum atomic E-state index is 8.79. The molecule has 0 aliphatic heterocycles. The van der Waals surface area contributed by atoms with E-state index in [1.54, 1.807) is 0 Å². The second-order valence-corrected chi connectivity index (χ2v) is 2.98. The van der Waals surface area contributed by atoms with Gasteiger partial charge < -0.3 is 15.5 Å². The van der Waals surface area contributed by atoms with Gasteiger partial charge in [0, 0.05) is 19.2 Å². The van der Waals surface area contributed by atoms with Gasteiger partial charge in [0.15, 0.2) is 0 Å². The van der Waals surface area contributed by atoms with Crippen molar-refractivity contribution in [3.8, 4) is 0 Å². The molecule has 0 aromatic carbocycles. The van der Waals surface area contributed by atoms with E-state index in [1.165, 1.54) is 0 Å². The molecule has 0 aromatic heterocycles. The molecule has 0 spiro atoms. The van der Waals surface area contributed by atoms with Gasteiger partial charge in [-0.1, -0.05) is 13.8 Å². The molecule has 3 nitrogen and oxygen atoms in total. The fourth-order valence-electron chi connectivity index (χ4n) is 0.770. The maximum absolute atomic E-state index is 8.79. The summed E-state index contributed by atoms with van der Waals surface area (Å²) in [6, 6.07) is 0.184. The average molecular weight is 161 g/mol. The summed E-state index contributed by atoms with van der Waals surface area (Å²) < 4.78 is 0. The molecule has 0 saturated carbocycles. The van der Waals surface area contributed by atoms with Gasteiger partial charge in [0.25, 0.3) is 0 Å². The highest BCUT2D eigenvalue weighted by atomic mass is 16.3. The summed E-state index contributed by atoms with van der Waals surface area (Å²) >= 11 is 0. The minimum atomic E-state index is 0.175. The minimum absolute atomic E-state index is 0.175. The lowest BCUT2D eigenvalue weighted by Gasteiger charge is -2.16. The van der Waals surface area contributed by atoms with Gasteiger partial charge in [0.2, 0.25) is 0 Å². The van der Waals surface area contributed by atoms with Crippen molar-refractivity contribution in [2.75, 3.05) is 19.8 Å². The average Bonchev–Trinajstić information content (AvgIpc) is 2.06. The van der Waals surface area contributed by atoms with Gasteiger partial charge in [0.1, 0.15) is 0 Å². The van der Waals surface area contributed by atoms with E-state index >= 15 is 0 Å². The smallest absolute Gasteiger partial charge is 0.0584 e. The molecule has 2 unspecified atom stereocenters. The zero-order valence-electron chi connectivity index (χ0n) is 7.38. The Morgan fingerprint density at radius 1 is 1.27 bits per heavy atom. The first kappa shape index (κ1) is 10.9. The first-order chi connectivity index (χ1) is 5.24. The van der Waals surface area contributed by atoms with Gasteiger partial charge in [-0.15, -0.1) is 0 Å². The summed E-state index contributed by atoms with van der Waals surface area (Å²) in [5, 5.41) is 20.6. The molecule has 11 heavy (non-hydrogen) atoms. The molecule has 3 N–H and O–H groups in total. The quantitative estimate of drug-likeness (QED) is 0.513. The van der Waals surface area contributed by atoms with Crippen LogP contribution in [0.15, 0.2) is 0 Å². The Hall–Kier alpha value is -0.120. The van der Waals surface area contributed by atoms with Crippen LogP contribution in [0.1, 0.15) is 20.3 Å². The molecule has 0 rings (SSSR count). The normalized spacial score (nSPS) is 16.4. The van der Waals surface area contributed by atoms with E-state index in [1.807, 2.05) is 13.8 Å². The number of rotatable bonds is 6. The van der Waals surface area contributed by atoms with Crippen LogP contribution < -0.4 is 5.32 Å². The third-order valence-corrected chi connectivity index (χ3v) is 1.78. The zero-order chi connectivity index (χ0) is 8.69. The molecule has 0 radical (unpaired) electrons. The minimum Gasteiger partial charge on any atom is -0.396 e. The lowest BCUT2D eigenvalue weighted by atomic mass is 10.1. The summed E-state index contributed by atoms with van der Waals surface area (Å²) in [6.45, 7) is 5.15. The summed E-state index contributed by atoms with van der Waals surface area (Å²) in [4.78, 5) is 0. The van der Waals surface area contributed by atoms with Crippen LogP contribution in [0.5, 0.6) is 0 Å². The SMILES string of the molecule is CCC(CO)NCC(C)CO. The molecular weight excluding hydrogens is 142 g/mol. The molecule has 0 aromatic rings. The van der Waals surface area contributed by atoms with Crippen LogP contribution in [0.3, 0.4) is 0 Å². The number of aliphatic hydroxyl groups is 2. The second kappa shape index (κ2) is 6.58. The highest BCUT2D eigenvalue weighted by Crippen LogP contribution is 1.93. The highest BCUT2D eigenvalue weighted by Gasteiger charge is 2.05. The maximum Gasteiger partial charge on any atom is 0.0584 e. The summed E-state index contributed by atoms with van der Waals surface area (Å²) in [5.41, 5.74) is 0. The summed E-state index contributed by atoms with van der Waals surface area (Å²) in [5.74, 6) is 0.274. The first-order valence-corrected chi connectivity index (χ1v) is 4.19. The van der Waals surface area contributed by atoms with Crippen LogP contribution in [0.2, 0.25) is 0 Å². The summed E-state index contributed by atoms with van der Waals surface area (Å²) in [6.07, 6.45) is 0.925. The third-order valence-electron chi connectivity index (χ3n) is 1.78. The number of aliphatic hydroxyl groups excluding tert-OH is 2. The molecule has 3 heteroatoms. The Bertz CT molecular complexity index is 84.2. The molecule has 0 heterocycles. The predicted octanol–water partition coefficient (Wildman–Crippen LogP) is -0.0247. The zero-order valence-corrected chi connectivity index (χ0v) is 7.38. The van der Waals surface area contributed by atoms with Crippen molar-refractivity contribution in [1.29, 1.82) is 0 Å². The van der Waals surface area contributed by atoms with Crippen LogP contribution >= 0.6 is 0 Å². The van der Waals surface area contributed by atoms with Crippen molar-refractivity contribution in [2.24, 2.45) is 5.92 Å². The standard InChI is InChI=1S/C8H19NO2/c1-3-8(6-11)9-4-7(2)5-10/h7-11H,3-6H2,1-2H3. The Labute approximate surface area is 68.4 Å². The third kappa shape index (κ3) is 5.18. The van der Waals surface area contributed by atoms with Gasteiger partial charge in [-0.05, 0) is 12.3 Å². The lowest BCUT2D eigenvalue weighted by Crippen LogP contribution is -2.35. The molecule has 0 fully saturated rings. The molecule has 0 aliphatic carbocycles. The largest absolute Gasteiger partial charge is 0.396 e. The van der Waals surface area contributed by atoms with Crippen LogP contribution in [0.4, 0.5) is 0 Å². The molecule has 0 aliphatic rings. The Morgan fingerprint density at radius 3 is 2.27 bits per heavy atom. The van der Waals surface area contributed by atoms with E-state index in [0.29, 0.717) is 0 Å². The molecular formula is C8H19NO2. The van der Waals surface area contributed by atoms with Crippen LogP contribution in [-0.4, -0.2) is 36.0 Å². The van der Waals surface area contributed by atoms with Crippen molar-refractivity contribution in [2.45, 2.75) is 26.3 Å². The Balaban J connectivity index is 3.34. The van der Waals surface area contributed by atoms with Crippen LogP contribution in [0, 0.1) is 5.92 Å². The van der Waals surface area contributed by atoms with Gasteiger partial charge in [-0.3, -0.25) is 0 Å². The monoisotopic (exact) mass is 161 g/mol. The Kier molecular flexibility index (Phi) is 6.51. The topological polar surface area (TPSA) is 52.5 Å². The van der Waals surface area contributed by atoms with Crippen LogP contribution in [-0.2, 0) is 0 Å². The van der Waals surface area contributed by atoms with Crippen molar-refractivity contribution in [3.63, 3.8) is 0 Å². The molecule has 68 valence electrons. The van der Waals surface area contributed by atoms with E-state index in [4.69, 9.17) is 10.2 Å². The van der Waals surface area contributed by atoms with Gasteiger partial charge >= 0.3 is 0 Å². The fraction of sp³-hybridized carbons (Fsp3) is 1.00. The fourth-order valence-corrected chi connectivity index (χ4v) is 0.770.